The summed E-state index contributed by atoms with van der Waals surface area (Å²) in [5.41, 5.74) is 1.12. The Bertz CT molecular complexity index is 871. The number of halogens is 1. The van der Waals surface area contributed by atoms with Gasteiger partial charge in [-0.25, -0.2) is 9.18 Å². The predicted octanol–water partition coefficient (Wildman–Crippen LogP) is 2.56. The van der Waals surface area contributed by atoms with Gasteiger partial charge in [-0.2, -0.15) is 5.10 Å². The summed E-state index contributed by atoms with van der Waals surface area (Å²) in [6, 6.07) is 6.25. The van der Waals surface area contributed by atoms with E-state index >= 15 is 0 Å². The van der Waals surface area contributed by atoms with E-state index in [1.54, 1.807) is 17.8 Å². The third-order valence-electron chi connectivity index (χ3n) is 4.52. The van der Waals surface area contributed by atoms with Gasteiger partial charge in [0, 0.05) is 31.6 Å². The molecule has 2 aromatic rings. The summed E-state index contributed by atoms with van der Waals surface area (Å²) < 4.78 is 15.2. The zero-order chi connectivity index (χ0) is 19.8. The average molecular weight is 373 g/mol. The summed E-state index contributed by atoms with van der Waals surface area (Å²) in [4.78, 5) is 26.7. The molecule has 1 aliphatic heterocycles. The van der Waals surface area contributed by atoms with Gasteiger partial charge in [0.25, 0.3) is 0 Å². The van der Waals surface area contributed by atoms with Gasteiger partial charge in [0.05, 0.1) is 5.69 Å². The highest BCUT2D eigenvalue weighted by molar-refractivity contribution is 5.94. The summed E-state index contributed by atoms with van der Waals surface area (Å²) >= 11 is 0. The van der Waals surface area contributed by atoms with Gasteiger partial charge in [0.1, 0.15) is 17.7 Å². The van der Waals surface area contributed by atoms with Crippen LogP contribution in [0.2, 0.25) is 0 Å². The average Bonchev–Trinajstić information content (AvgIpc) is 2.95. The Labute approximate surface area is 157 Å². The van der Waals surface area contributed by atoms with Crippen molar-refractivity contribution in [1.29, 1.82) is 0 Å². The lowest BCUT2D eigenvalue weighted by Gasteiger charge is -2.35. The SMILES string of the molecule is Cn1nc(C(C)(C)C)cc1NC(=O)N1CCNC(=O)[C@H]1c1cccc(F)c1. The molecule has 3 amide bonds. The number of nitrogens with zero attached hydrogens (tertiary/aromatic N) is 3. The van der Waals surface area contributed by atoms with Crippen LogP contribution in [0.3, 0.4) is 0 Å². The quantitative estimate of drug-likeness (QED) is 0.849. The molecule has 0 aliphatic carbocycles. The fraction of sp³-hybridized carbons (Fsp3) is 0.421. The molecule has 7 nitrogen and oxygen atoms in total. The van der Waals surface area contributed by atoms with Gasteiger partial charge in [0.15, 0.2) is 0 Å². The maximum absolute atomic E-state index is 13.6. The summed E-state index contributed by atoms with van der Waals surface area (Å²) in [7, 11) is 1.75. The van der Waals surface area contributed by atoms with Gasteiger partial charge in [-0.15, -0.1) is 0 Å². The Morgan fingerprint density at radius 1 is 1.33 bits per heavy atom. The van der Waals surface area contributed by atoms with Crippen LogP contribution in [0.1, 0.15) is 38.1 Å². The van der Waals surface area contributed by atoms with Crippen molar-refractivity contribution in [3.63, 3.8) is 0 Å². The Kier molecular flexibility index (Phi) is 4.91. The monoisotopic (exact) mass is 373 g/mol. The van der Waals surface area contributed by atoms with Crippen LogP contribution >= 0.6 is 0 Å². The molecule has 0 unspecified atom stereocenters. The number of nitrogens with one attached hydrogen (secondary N) is 2. The Morgan fingerprint density at radius 3 is 2.70 bits per heavy atom. The topological polar surface area (TPSA) is 79.3 Å². The highest BCUT2D eigenvalue weighted by Gasteiger charge is 2.35. The molecule has 1 saturated heterocycles. The van der Waals surface area contributed by atoms with Gasteiger partial charge in [0.2, 0.25) is 5.91 Å². The van der Waals surface area contributed by atoms with Crippen LogP contribution in [0.5, 0.6) is 0 Å². The maximum Gasteiger partial charge on any atom is 0.324 e. The number of urea groups is 1. The molecule has 1 aromatic heterocycles. The van der Waals surface area contributed by atoms with Crippen molar-refractivity contribution in [2.24, 2.45) is 7.05 Å². The van der Waals surface area contributed by atoms with E-state index in [2.05, 4.69) is 15.7 Å². The number of aromatic nitrogens is 2. The Balaban J connectivity index is 1.86. The number of carbonyl (C=O) groups is 2. The zero-order valence-corrected chi connectivity index (χ0v) is 15.9. The van der Waals surface area contributed by atoms with Gasteiger partial charge >= 0.3 is 6.03 Å². The van der Waals surface area contributed by atoms with Gasteiger partial charge in [-0.1, -0.05) is 32.9 Å². The lowest BCUT2D eigenvalue weighted by atomic mass is 9.92. The van der Waals surface area contributed by atoms with Crippen molar-refractivity contribution < 1.29 is 14.0 Å². The van der Waals surface area contributed by atoms with E-state index in [1.807, 2.05) is 26.8 Å². The number of benzene rings is 1. The van der Waals surface area contributed by atoms with Crippen molar-refractivity contribution in [3.05, 3.63) is 47.4 Å². The zero-order valence-electron chi connectivity index (χ0n) is 15.9. The highest BCUT2D eigenvalue weighted by Crippen LogP contribution is 2.26. The molecule has 3 rings (SSSR count). The van der Waals surface area contributed by atoms with E-state index in [9.17, 15) is 14.0 Å². The molecule has 27 heavy (non-hydrogen) atoms. The number of amides is 3. The van der Waals surface area contributed by atoms with Gasteiger partial charge in [-0.3, -0.25) is 14.8 Å². The maximum atomic E-state index is 13.6. The largest absolute Gasteiger partial charge is 0.352 e. The van der Waals surface area contributed by atoms with Crippen LogP contribution in [0, 0.1) is 5.82 Å². The summed E-state index contributed by atoms with van der Waals surface area (Å²) in [6.07, 6.45) is 0. The summed E-state index contributed by atoms with van der Waals surface area (Å²) in [5, 5.41) is 9.99. The van der Waals surface area contributed by atoms with Crippen molar-refractivity contribution in [1.82, 2.24) is 20.0 Å². The molecule has 1 aliphatic rings. The van der Waals surface area contributed by atoms with Gasteiger partial charge < -0.3 is 10.2 Å². The predicted molar refractivity (Wildman–Crippen MR) is 99.8 cm³/mol. The lowest BCUT2D eigenvalue weighted by molar-refractivity contribution is -0.127. The van der Waals surface area contributed by atoms with E-state index in [4.69, 9.17) is 0 Å². The number of carbonyl (C=O) groups excluding carboxylic acids is 2. The molecule has 8 heteroatoms. The highest BCUT2D eigenvalue weighted by atomic mass is 19.1. The van der Waals surface area contributed by atoms with E-state index in [-0.39, 0.29) is 11.3 Å². The van der Waals surface area contributed by atoms with Crippen LogP contribution < -0.4 is 10.6 Å². The number of aryl methyl sites for hydroxylation is 1. The fourth-order valence-electron chi connectivity index (χ4n) is 3.03. The van der Waals surface area contributed by atoms with Crippen LogP contribution in [-0.2, 0) is 17.3 Å². The number of hydrogen-bond donors (Lipinski definition) is 2. The molecule has 0 spiro atoms. The fourth-order valence-corrected chi connectivity index (χ4v) is 3.03. The first-order chi connectivity index (χ1) is 12.7. The third-order valence-corrected chi connectivity index (χ3v) is 4.52. The van der Waals surface area contributed by atoms with Crippen LogP contribution in [0.25, 0.3) is 0 Å². The molecule has 2 heterocycles. The third kappa shape index (κ3) is 3.94. The molecule has 2 N–H and O–H groups in total. The minimum atomic E-state index is -0.884. The number of piperazine rings is 1. The van der Waals surface area contributed by atoms with Crippen molar-refractivity contribution in [3.8, 4) is 0 Å². The summed E-state index contributed by atoms with van der Waals surface area (Å²) in [5.74, 6) is -0.246. The van der Waals surface area contributed by atoms with E-state index in [0.717, 1.165) is 5.69 Å². The molecule has 0 radical (unpaired) electrons. The second kappa shape index (κ2) is 7.02. The second-order valence-electron chi connectivity index (χ2n) is 7.66. The van der Waals surface area contributed by atoms with E-state index < -0.39 is 17.9 Å². The molecular weight excluding hydrogens is 349 g/mol. The molecular formula is C19H24FN5O2. The molecule has 0 saturated carbocycles. The van der Waals surface area contributed by atoms with E-state index in [1.165, 1.54) is 23.1 Å². The molecule has 1 fully saturated rings. The van der Waals surface area contributed by atoms with E-state index in [0.29, 0.717) is 24.5 Å². The van der Waals surface area contributed by atoms with Crippen LogP contribution in [-0.4, -0.2) is 39.7 Å². The first-order valence-electron chi connectivity index (χ1n) is 8.82. The molecule has 1 atom stereocenters. The second-order valence-corrected chi connectivity index (χ2v) is 7.66. The first-order valence-corrected chi connectivity index (χ1v) is 8.82. The Morgan fingerprint density at radius 2 is 2.07 bits per heavy atom. The van der Waals surface area contributed by atoms with Crippen molar-refractivity contribution >= 4 is 17.8 Å². The smallest absolute Gasteiger partial charge is 0.324 e. The normalized spacial score (nSPS) is 17.6. The van der Waals surface area contributed by atoms with Gasteiger partial charge in [-0.05, 0) is 17.7 Å². The van der Waals surface area contributed by atoms with Crippen LogP contribution in [0.4, 0.5) is 15.0 Å². The first kappa shape index (κ1) is 18.9. The Hall–Kier alpha value is -2.90. The lowest BCUT2D eigenvalue weighted by Crippen LogP contribution is -2.53. The number of rotatable bonds is 2. The molecule has 1 aromatic carbocycles. The van der Waals surface area contributed by atoms with Crippen molar-refractivity contribution in [2.45, 2.75) is 32.2 Å². The standard InChI is InChI=1S/C19H24FN5O2/c1-19(2,3)14-11-15(24(4)23-14)22-18(27)25-9-8-21-17(26)16(25)12-6-5-7-13(20)10-12/h5-7,10-11,16H,8-9H2,1-4H3,(H,21,26)(H,22,27)/t16-/m1/s1. The minimum Gasteiger partial charge on any atom is -0.352 e. The molecule has 0 bridgehead atoms. The number of anilines is 1. The number of hydrogen-bond acceptors (Lipinski definition) is 3. The molecule has 144 valence electrons. The minimum absolute atomic E-state index is 0.157. The van der Waals surface area contributed by atoms with Crippen LogP contribution in [0.15, 0.2) is 30.3 Å². The van der Waals surface area contributed by atoms with Crippen molar-refractivity contribution in [2.75, 3.05) is 18.4 Å². The summed E-state index contributed by atoms with van der Waals surface area (Å²) in [6.45, 7) is 6.78.